The Morgan fingerprint density at radius 3 is 2.75 bits per heavy atom. The summed E-state index contributed by atoms with van der Waals surface area (Å²) in [6.07, 6.45) is 0.669. The van der Waals surface area contributed by atoms with E-state index in [4.69, 9.17) is 0 Å². The second-order valence-corrected chi connectivity index (χ2v) is 8.87. The van der Waals surface area contributed by atoms with Gasteiger partial charge in [0.1, 0.15) is 6.04 Å². The summed E-state index contributed by atoms with van der Waals surface area (Å²) < 4.78 is 0. The van der Waals surface area contributed by atoms with Crippen LogP contribution >= 0.6 is 0 Å². The fourth-order valence-electron chi connectivity index (χ4n) is 4.40. The van der Waals surface area contributed by atoms with Crippen molar-refractivity contribution >= 4 is 17.7 Å². The highest BCUT2D eigenvalue weighted by atomic mass is 16.2. The van der Waals surface area contributed by atoms with Gasteiger partial charge in [-0.2, -0.15) is 0 Å². The third-order valence-corrected chi connectivity index (χ3v) is 6.19. The number of nitrogens with one attached hydrogen (secondary N) is 2. The molecule has 0 bridgehead atoms. The third-order valence-electron chi connectivity index (χ3n) is 6.19. The molecule has 1 aromatic carbocycles. The van der Waals surface area contributed by atoms with Gasteiger partial charge in [0.15, 0.2) is 0 Å². The number of carbonyl (C=O) groups is 3. The van der Waals surface area contributed by atoms with Gasteiger partial charge in [-0.1, -0.05) is 12.1 Å². The molecule has 1 aromatic rings. The van der Waals surface area contributed by atoms with Crippen LogP contribution in [-0.4, -0.2) is 58.2 Å². The Balaban J connectivity index is 1.51. The van der Waals surface area contributed by atoms with Gasteiger partial charge in [0.25, 0.3) is 5.91 Å². The van der Waals surface area contributed by atoms with Crippen LogP contribution in [0.15, 0.2) is 18.2 Å². The Kier molecular flexibility index (Phi) is 4.75. The van der Waals surface area contributed by atoms with Crippen LogP contribution in [0.5, 0.6) is 0 Å². The normalized spacial score (nSPS) is 27.7. The van der Waals surface area contributed by atoms with E-state index in [-0.39, 0.29) is 29.7 Å². The van der Waals surface area contributed by atoms with Crippen molar-refractivity contribution in [1.82, 2.24) is 20.4 Å². The highest BCUT2D eigenvalue weighted by molar-refractivity contribution is 6.05. The maximum absolute atomic E-state index is 12.8. The van der Waals surface area contributed by atoms with Gasteiger partial charge >= 0.3 is 0 Å². The number of benzene rings is 1. The van der Waals surface area contributed by atoms with Gasteiger partial charge in [-0.05, 0) is 44.4 Å². The fourth-order valence-corrected chi connectivity index (χ4v) is 4.40. The van der Waals surface area contributed by atoms with E-state index in [9.17, 15) is 14.4 Å². The maximum Gasteiger partial charge on any atom is 0.255 e. The van der Waals surface area contributed by atoms with E-state index in [0.29, 0.717) is 24.6 Å². The number of amides is 3. The SMILES string of the molecule is CC1CN(Cc2ccc3c(c2)CN(C2CCC(=O)NC2=O)C3=O)C(C)(C)CN1. The van der Waals surface area contributed by atoms with Crippen LogP contribution in [0.1, 0.15) is 55.1 Å². The number of fused-ring (bicyclic) bond motifs is 1. The van der Waals surface area contributed by atoms with Crippen molar-refractivity contribution < 1.29 is 14.4 Å². The van der Waals surface area contributed by atoms with Crippen LogP contribution < -0.4 is 10.6 Å². The van der Waals surface area contributed by atoms with E-state index in [1.165, 1.54) is 5.56 Å². The highest BCUT2D eigenvalue weighted by Gasteiger charge is 2.39. The van der Waals surface area contributed by atoms with Crippen LogP contribution in [0.4, 0.5) is 0 Å². The number of rotatable bonds is 3. The summed E-state index contributed by atoms with van der Waals surface area (Å²) in [4.78, 5) is 40.5. The number of carbonyl (C=O) groups excluding carboxylic acids is 3. The summed E-state index contributed by atoms with van der Waals surface area (Å²) in [5.74, 6) is -0.748. The van der Waals surface area contributed by atoms with Crippen LogP contribution in [-0.2, 0) is 22.7 Å². The molecule has 0 aliphatic carbocycles. The average molecular weight is 384 g/mol. The molecule has 150 valence electrons. The molecule has 0 radical (unpaired) electrons. The molecule has 3 heterocycles. The van der Waals surface area contributed by atoms with Crippen molar-refractivity contribution in [3.8, 4) is 0 Å². The summed E-state index contributed by atoms with van der Waals surface area (Å²) in [6.45, 7) is 9.86. The van der Waals surface area contributed by atoms with Crippen LogP contribution in [0.2, 0.25) is 0 Å². The zero-order chi connectivity index (χ0) is 20.1. The Morgan fingerprint density at radius 1 is 1.21 bits per heavy atom. The van der Waals surface area contributed by atoms with E-state index >= 15 is 0 Å². The molecule has 2 saturated heterocycles. The molecule has 3 aliphatic heterocycles. The minimum atomic E-state index is -0.561. The number of piperazine rings is 1. The number of imide groups is 1. The summed E-state index contributed by atoms with van der Waals surface area (Å²) in [7, 11) is 0. The van der Waals surface area contributed by atoms with Crippen molar-refractivity contribution in [2.24, 2.45) is 0 Å². The second kappa shape index (κ2) is 6.97. The number of hydrogen-bond acceptors (Lipinski definition) is 5. The lowest BCUT2D eigenvalue weighted by molar-refractivity contribution is -0.136. The van der Waals surface area contributed by atoms with Crippen LogP contribution in [0.25, 0.3) is 0 Å². The second-order valence-electron chi connectivity index (χ2n) is 8.87. The van der Waals surface area contributed by atoms with Crippen molar-refractivity contribution in [1.29, 1.82) is 0 Å². The van der Waals surface area contributed by atoms with Gasteiger partial charge in [-0.15, -0.1) is 0 Å². The predicted molar refractivity (Wildman–Crippen MR) is 104 cm³/mol. The molecule has 28 heavy (non-hydrogen) atoms. The first-order chi connectivity index (χ1) is 13.2. The van der Waals surface area contributed by atoms with Gasteiger partial charge in [0.05, 0.1) is 0 Å². The molecule has 7 heteroatoms. The molecule has 0 aromatic heterocycles. The summed E-state index contributed by atoms with van der Waals surface area (Å²) in [5.41, 5.74) is 2.88. The van der Waals surface area contributed by atoms with Crippen molar-refractivity contribution in [2.75, 3.05) is 13.1 Å². The van der Waals surface area contributed by atoms with E-state index in [2.05, 4.69) is 42.4 Å². The van der Waals surface area contributed by atoms with E-state index in [1.54, 1.807) is 4.90 Å². The maximum atomic E-state index is 12.8. The largest absolute Gasteiger partial charge is 0.322 e. The predicted octanol–water partition coefficient (Wildman–Crippen LogP) is 1.02. The monoisotopic (exact) mass is 384 g/mol. The Labute approximate surface area is 165 Å². The first-order valence-electron chi connectivity index (χ1n) is 9.99. The van der Waals surface area contributed by atoms with Crippen molar-refractivity contribution in [2.45, 2.75) is 64.3 Å². The lowest BCUT2D eigenvalue weighted by atomic mass is 9.96. The van der Waals surface area contributed by atoms with E-state index < -0.39 is 6.04 Å². The van der Waals surface area contributed by atoms with Gasteiger partial charge in [0.2, 0.25) is 11.8 Å². The lowest BCUT2D eigenvalue weighted by Gasteiger charge is -2.45. The number of nitrogens with zero attached hydrogens (tertiary/aromatic N) is 2. The lowest BCUT2D eigenvalue weighted by Crippen LogP contribution is -2.60. The summed E-state index contributed by atoms with van der Waals surface area (Å²) in [6, 6.07) is 5.90. The fraction of sp³-hybridized carbons (Fsp3) is 0.571. The van der Waals surface area contributed by atoms with Gasteiger partial charge < -0.3 is 10.2 Å². The third kappa shape index (κ3) is 3.44. The standard InChI is InChI=1S/C21H28N4O3/c1-13-9-24(21(2,3)12-22-13)10-14-4-5-16-15(8-14)11-25(20(16)28)17-6-7-18(26)23-19(17)27/h4-5,8,13,17,22H,6-7,9-12H2,1-3H3,(H,23,26,27). The van der Waals surface area contributed by atoms with Gasteiger partial charge in [-0.25, -0.2) is 0 Å². The van der Waals surface area contributed by atoms with Crippen LogP contribution in [0, 0.1) is 0 Å². The molecule has 0 spiro atoms. The molecule has 7 nitrogen and oxygen atoms in total. The van der Waals surface area contributed by atoms with E-state index in [0.717, 1.165) is 25.2 Å². The molecule has 2 unspecified atom stereocenters. The van der Waals surface area contributed by atoms with Crippen molar-refractivity contribution in [3.05, 3.63) is 34.9 Å². The van der Waals surface area contributed by atoms with Crippen molar-refractivity contribution in [3.63, 3.8) is 0 Å². The molecule has 3 amide bonds. The van der Waals surface area contributed by atoms with Gasteiger partial charge in [-0.3, -0.25) is 24.6 Å². The molecular formula is C21H28N4O3. The quantitative estimate of drug-likeness (QED) is 0.761. The Bertz CT molecular complexity index is 835. The molecule has 3 aliphatic rings. The minimum Gasteiger partial charge on any atom is -0.322 e. The summed E-state index contributed by atoms with van der Waals surface area (Å²) in [5, 5.41) is 5.88. The highest BCUT2D eigenvalue weighted by Crippen LogP contribution is 2.29. The molecule has 2 fully saturated rings. The summed E-state index contributed by atoms with van der Waals surface area (Å²) >= 11 is 0. The van der Waals surface area contributed by atoms with E-state index in [1.807, 2.05) is 12.1 Å². The molecule has 0 saturated carbocycles. The molecular weight excluding hydrogens is 356 g/mol. The molecule has 4 rings (SSSR count). The smallest absolute Gasteiger partial charge is 0.255 e. The first-order valence-corrected chi connectivity index (χ1v) is 9.99. The number of hydrogen-bond donors (Lipinski definition) is 2. The molecule has 2 N–H and O–H groups in total. The molecule has 2 atom stereocenters. The average Bonchev–Trinajstić information content (AvgIpc) is 2.95. The zero-order valence-corrected chi connectivity index (χ0v) is 16.7. The topological polar surface area (TPSA) is 81.8 Å². The van der Waals surface area contributed by atoms with Gasteiger partial charge in [0, 0.05) is 49.7 Å². The first kappa shape index (κ1) is 19.1. The minimum absolute atomic E-state index is 0.0695. The Hall–Kier alpha value is -2.25. The zero-order valence-electron chi connectivity index (χ0n) is 16.7. The number of piperidine rings is 1. The Morgan fingerprint density at radius 2 is 2.00 bits per heavy atom. The van der Waals surface area contributed by atoms with Crippen LogP contribution in [0.3, 0.4) is 0 Å².